The number of hydrogen-bond donors (Lipinski definition) is 1. The summed E-state index contributed by atoms with van der Waals surface area (Å²) in [5.41, 5.74) is 3.63. The Labute approximate surface area is 216 Å². The molecule has 0 aliphatic carbocycles. The summed E-state index contributed by atoms with van der Waals surface area (Å²) in [7, 11) is 1.68. The van der Waals surface area contributed by atoms with Crippen molar-refractivity contribution in [2.24, 2.45) is 0 Å². The number of pyridine rings is 1. The zero-order valence-electron chi connectivity index (χ0n) is 21.7. The lowest BCUT2D eigenvalue weighted by molar-refractivity contribution is 0.0887. The minimum atomic E-state index is -0.117. The number of methoxy groups -OCH3 is 1. The van der Waals surface area contributed by atoms with Crippen molar-refractivity contribution >= 4 is 10.9 Å². The first-order valence-electron chi connectivity index (χ1n) is 12.9. The van der Waals surface area contributed by atoms with Crippen LogP contribution in [0.3, 0.4) is 0 Å². The third-order valence-electron chi connectivity index (χ3n) is 7.10. The molecular weight excluding hydrogens is 468 g/mol. The van der Waals surface area contributed by atoms with Gasteiger partial charge in [-0.25, -0.2) is 4.68 Å². The minimum absolute atomic E-state index is 0.0878. The SMILES string of the molecule is CC[C@@H](c1nnnn1C[C@@H]1CCCO1)N(Cc1ccccc1OC)Cc1cc2cc(C)ccc2[nH]c1=O. The number of para-hydroxylation sites is 1. The minimum Gasteiger partial charge on any atom is -0.496 e. The second kappa shape index (κ2) is 11.2. The predicted octanol–water partition coefficient (Wildman–Crippen LogP) is 4.16. The molecule has 1 fully saturated rings. The largest absolute Gasteiger partial charge is 0.496 e. The highest BCUT2D eigenvalue weighted by molar-refractivity contribution is 5.79. The van der Waals surface area contributed by atoms with Crippen LogP contribution in [0.25, 0.3) is 10.9 Å². The van der Waals surface area contributed by atoms with E-state index >= 15 is 0 Å². The summed E-state index contributed by atoms with van der Waals surface area (Å²) in [6, 6.07) is 15.9. The van der Waals surface area contributed by atoms with Crippen LogP contribution < -0.4 is 10.3 Å². The van der Waals surface area contributed by atoms with Crippen molar-refractivity contribution in [1.82, 2.24) is 30.1 Å². The van der Waals surface area contributed by atoms with Crippen LogP contribution in [0.1, 0.15) is 54.7 Å². The van der Waals surface area contributed by atoms with Crippen LogP contribution in [-0.2, 0) is 24.4 Å². The molecule has 0 amide bonds. The van der Waals surface area contributed by atoms with E-state index in [1.165, 1.54) is 0 Å². The Morgan fingerprint density at radius 2 is 2.03 bits per heavy atom. The summed E-state index contributed by atoms with van der Waals surface area (Å²) in [5.74, 6) is 1.59. The lowest BCUT2D eigenvalue weighted by atomic mass is 10.1. The van der Waals surface area contributed by atoms with Gasteiger partial charge in [-0.2, -0.15) is 0 Å². The molecule has 1 aliphatic heterocycles. The topological polar surface area (TPSA) is 98.2 Å². The van der Waals surface area contributed by atoms with Crippen molar-refractivity contribution in [2.75, 3.05) is 13.7 Å². The maximum absolute atomic E-state index is 13.2. The zero-order chi connectivity index (χ0) is 25.8. The smallest absolute Gasteiger partial charge is 0.252 e. The number of H-pyrrole nitrogens is 1. The number of nitrogens with one attached hydrogen (secondary N) is 1. The molecule has 5 rings (SSSR count). The first kappa shape index (κ1) is 25.1. The Balaban J connectivity index is 1.52. The third kappa shape index (κ3) is 5.57. The first-order chi connectivity index (χ1) is 18.1. The predicted molar refractivity (Wildman–Crippen MR) is 141 cm³/mol. The highest BCUT2D eigenvalue weighted by Crippen LogP contribution is 2.29. The second-order valence-electron chi connectivity index (χ2n) is 9.71. The average Bonchev–Trinajstić information content (AvgIpc) is 3.58. The van der Waals surface area contributed by atoms with Gasteiger partial charge in [-0.05, 0) is 66.3 Å². The number of ether oxygens (including phenoxy) is 2. The number of fused-ring (bicyclic) bond motifs is 1. The van der Waals surface area contributed by atoms with Gasteiger partial charge in [-0.15, -0.1) is 5.10 Å². The number of nitrogens with zero attached hydrogens (tertiary/aromatic N) is 5. The van der Waals surface area contributed by atoms with Crippen molar-refractivity contribution in [3.63, 3.8) is 0 Å². The zero-order valence-corrected chi connectivity index (χ0v) is 21.7. The third-order valence-corrected chi connectivity index (χ3v) is 7.10. The maximum atomic E-state index is 13.2. The molecule has 0 radical (unpaired) electrons. The Morgan fingerprint density at radius 1 is 1.19 bits per heavy atom. The van der Waals surface area contributed by atoms with Crippen molar-refractivity contribution in [3.05, 3.63) is 81.4 Å². The molecule has 1 aliphatic rings. The Bertz CT molecular complexity index is 1410. The second-order valence-corrected chi connectivity index (χ2v) is 9.71. The van der Waals surface area contributed by atoms with Crippen LogP contribution in [0.5, 0.6) is 5.75 Å². The van der Waals surface area contributed by atoms with Crippen LogP contribution in [0, 0.1) is 6.92 Å². The Hall–Kier alpha value is -3.56. The van der Waals surface area contributed by atoms with E-state index in [9.17, 15) is 4.79 Å². The summed E-state index contributed by atoms with van der Waals surface area (Å²) >= 11 is 0. The van der Waals surface area contributed by atoms with E-state index in [0.717, 1.165) is 59.5 Å². The van der Waals surface area contributed by atoms with E-state index in [1.54, 1.807) is 7.11 Å². The molecule has 194 valence electrons. The van der Waals surface area contributed by atoms with E-state index in [-0.39, 0.29) is 17.7 Å². The maximum Gasteiger partial charge on any atom is 0.252 e. The monoisotopic (exact) mass is 502 g/mol. The Morgan fingerprint density at radius 3 is 2.81 bits per heavy atom. The molecular formula is C28H34N6O3. The van der Waals surface area contributed by atoms with Gasteiger partial charge in [0.05, 0.1) is 25.8 Å². The summed E-state index contributed by atoms with van der Waals surface area (Å²) < 4.78 is 13.4. The number of aryl methyl sites for hydroxylation is 1. The van der Waals surface area contributed by atoms with Crippen LogP contribution in [-0.4, -0.2) is 49.9 Å². The molecule has 0 unspecified atom stereocenters. The fourth-order valence-corrected chi connectivity index (χ4v) is 5.20. The fourth-order valence-electron chi connectivity index (χ4n) is 5.20. The highest BCUT2D eigenvalue weighted by atomic mass is 16.5. The summed E-state index contributed by atoms with van der Waals surface area (Å²) in [6.07, 6.45) is 2.95. The van der Waals surface area contributed by atoms with Gasteiger partial charge in [-0.3, -0.25) is 9.69 Å². The van der Waals surface area contributed by atoms with Gasteiger partial charge in [0.2, 0.25) is 0 Å². The molecule has 1 saturated heterocycles. The molecule has 2 aromatic carbocycles. The van der Waals surface area contributed by atoms with Crippen molar-refractivity contribution < 1.29 is 9.47 Å². The summed E-state index contributed by atoms with van der Waals surface area (Å²) in [4.78, 5) is 18.5. The molecule has 2 aromatic heterocycles. The quantitative estimate of drug-likeness (QED) is 0.348. The highest BCUT2D eigenvalue weighted by Gasteiger charge is 2.28. The van der Waals surface area contributed by atoms with Crippen LogP contribution >= 0.6 is 0 Å². The summed E-state index contributed by atoms with van der Waals surface area (Å²) in [5, 5.41) is 13.8. The van der Waals surface area contributed by atoms with E-state index < -0.39 is 0 Å². The number of rotatable bonds is 10. The number of tetrazole rings is 1. The lowest BCUT2D eigenvalue weighted by Crippen LogP contribution is -2.33. The van der Waals surface area contributed by atoms with Gasteiger partial charge in [0.15, 0.2) is 5.82 Å². The van der Waals surface area contributed by atoms with Gasteiger partial charge < -0.3 is 14.5 Å². The fraction of sp³-hybridized carbons (Fsp3) is 0.429. The molecule has 37 heavy (non-hydrogen) atoms. The number of benzene rings is 2. The van der Waals surface area contributed by atoms with E-state index in [0.29, 0.717) is 25.2 Å². The van der Waals surface area contributed by atoms with Crippen molar-refractivity contribution in [2.45, 2.75) is 64.9 Å². The average molecular weight is 503 g/mol. The van der Waals surface area contributed by atoms with E-state index in [2.05, 4.69) is 51.4 Å². The van der Waals surface area contributed by atoms with Gasteiger partial charge in [0.25, 0.3) is 5.56 Å². The Kier molecular flexibility index (Phi) is 7.62. The molecule has 1 N–H and O–H groups in total. The van der Waals surface area contributed by atoms with E-state index in [1.807, 2.05) is 41.1 Å². The van der Waals surface area contributed by atoms with Crippen molar-refractivity contribution in [3.8, 4) is 5.75 Å². The van der Waals surface area contributed by atoms with Crippen molar-refractivity contribution in [1.29, 1.82) is 0 Å². The molecule has 0 bridgehead atoms. The molecule has 3 heterocycles. The molecule has 2 atom stereocenters. The molecule has 0 spiro atoms. The first-order valence-corrected chi connectivity index (χ1v) is 12.9. The number of aromatic amines is 1. The van der Waals surface area contributed by atoms with Gasteiger partial charge in [0, 0.05) is 36.3 Å². The van der Waals surface area contributed by atoms with E-state index in [4.69, 9.17) is 9.47 Å². The number of aromatic nitrogens is 5. The standard InChI is InChI=1S/C28H34N6O3/c1-4-25(27-30-31-32-34(27)18-23-9-7-13-37-23)33(16-20-8-5-6-10-26(20)36-3)17-22-15-21-14-19(2)11-12-24(21)29-28(22)35/h5-6,8,10-12,14-15,23,25H,4,7,9,13,16-18H2,1-3H3,(H,29,35)/t23-,25-/m0/s1. The van der Waals surface area contributed by atoms with Gasteiger partial charge >= 0.3 is 0 Å². The van der Waals surface area contributed by atoms with Gasteiger partial charge in [-0.1, -0.05) is 36.8 Å². The van der Waals surface area contributed by atoms with Crippen LogP contribution in [0.4, 0.5) is 0 Å². The molecule has 0 saturated carbocycles. The normalized spacial score (nSPS) is 16.5. The van der Waals surface area contributed by atoms with Gasteiger partial charge in [0.1, 0.15) is 5.75 Å². The summed E-state index contributed by atoms with van der Waals surface area (Å²) in [6.45, 7) is 6.59. The van der Waals surface area contributed by atoms with Crippen LogP contribution in [0.2, 0.25) is 0 Å². The van der Waals surface area contributed by atoms with Crippen LogP contribution in [0.15, 0.2) is 53.3 Å². The number of hydrogen-bond acceptors (Lipinski definition) is 7. The molecule has 4 aromatic rings. The molecule has 9 nitrogen and oxygen atoms in total. The lowest BCUT2D eigenvalue weighted by Gasteiger charge is -2.31. The molecule has 9 heteroatoms.